The lowest BCUT2D eigenvalue weighted by Crippen LogP contribution is -2.13. The largest absolute Gasteiger partial charge is 0.269 e. The van der Waals surface area contributed by atoms with Gasteiger partial charge in [-0.15, -0.1) is 0 Å². The van der Waals surface area contributed by atoms with Gasteiger partial charge in [-0.1, -0.05) is 12.1 Å². The Kier molecular flexibility index (Phi) is 3.64. The van der Waals surface area contributed by atoms with Crippen molar-refractivity contribution in [3.63, 3.8) is 0 Å². The van der Waals surface area contributed by atoms with Gasteiger partial charge in [0.15, 0.2) is 6.19 Å². The maximum absolute atomic E-state index is 10.9. The Bertz CT molecular complexity index is 477. The van der Waals surface area contributed by atoms with Gasteiger partial charge in [0.2, 0.25) is 0 Å². The predicted octanol–water partition coefficient (Wildman–Crippen LogP) is 1.17. The average Bonchev–Trinajstić information content (AvgIpc) is 2.27. The van der Waals surface area contributed by atoms with Gasteiger partial charge in [0.1, 0.15) is 0 Å². The highest BCUT2D eigenvalue weighted by Crippen LogP contribution is 2.05. The van der Waals surface area contributed by atoms with Crippen LogP contribution in [0.15, 0.2) is 30.3 Å². The van der Waals surface area contributed by atoms with Crippen LogP contribution in [0.1, 0.15) is 11.1 Å². The average molecular weight is 197 g/mol. The molecule has 4 nitrogen and oxygen atoms in total. The van der Waals surface area contributed by atoms with Gasteiger partial charge < -0.3 is 0 Å². The highest BCUT2D eigenvalue weighted by atomic mass is 16.1. The molecule has 0 aliphatic rings. The Hall–Kier alpha value is -2.59. The molecule has 15 heavy (non-hydrogen) atoms. The van der Waals surface area contributed by atoms with E-state index in [9.17, 15) is 4.79 Å². The molecule has 0 fully saturated rings. The van der Waals surface area contributed by atoms with Gasteiger partial charge >= 0.3 is 0 Å². The molecule has 0 heterocycles. The molecular weight excluding hydrogens is 190 g/mol. The zero-order valence-electron chi connectivity index (χ0n) is 7.77. The molecule has 0 atom stereocenters. The molecule has 0 aliphatic heterocycles. The maximum atomic E-state index is 10.9. The van der Waals surface area contributed by atoms with E-state index in [1.165, 1.54) is 18.3 Å². The van der Waals surface area contributed by atoms with Crippen molar-refractivity contribution in [3.8, 4) is 12.3 Å². The van der Waals surface area contributed by atoms with E-state index in [1.54, 1.807) is 24.3 Å². The van der Waals surface area contributed by atoms with Crippen molar-refractivity contribution in [2.45, 2.75) is 0 Å². The van der Waals surface area contributed by atoms with Gasteiger partial charge in [0, 0.05) is 6.08 Å². The molecule has 72 valence electrons. The fourth-order valence-corrected chi connectivity index (χ4v) is 0.981. The van der Waals surface area contributed by atoms with Crippen molar-refractivity contribution >= 4 is 12.0 Å². The first-order valence-electron chi connectivity index (χ1n) is 4.13. The molecule has 0 spiro atoms. The Morgan fingerprint density at radius 2 is 2.20 bits per heavy atom. The third-order valence-electron chi connectivity index (χ3n) is 1.62. The van der Waals surface area contributed by atoms with Crippen LogP contribution >= 0.6 is 0 Å². The van der Waals surface area contributed by atoms with Crippen LogP contribution in [0.2, 0.25) is 0 Å². The number of carbonyl (C=O) groups excluding carboxylic acids is 1. The molecule has 1 amide bonds. The van der Waals surface area contributed by atoms with E-state index >= 15 is 0 Å². The Balaban J connectivity index is 2.78. The molecule has 4 heteroatoms. The second-order valence-corrected chi connectivity index (χ2v) is 2.67. The first-order chi connectivity index (χ1) is 7.26. The summed E-state index contributed by atoms with van der Waals surface area (Å²) in [5.74, 6) is -0.486. The van der Waals surface area contributed by atoms with E-state index in [0.29, 0.717) is 5.56 Å². The highest BCUT2D eigenvalue weighted by molar-refractivity contribution is 5.92. The number of nitrogens with one attached hydrogen (secondary N) is 1. The number of amides is 1. The summed E-state index contributed by atoms with van der Waals surface area (Å²) in [6.07, 6.45) is 4.29. The molecule has 0 saturated heterocycles. The van der Waals surface area contributed by atoms with Gasteiger partial charge in [0.05, 0.1) is 11.6 Å². The lowest BCUT2D eigenvalue weighted by Gasteiger charge is -1.93. The van der Waals surface area contributed by atoms with E-state index in [0.717, 1.165) is 5.56 Å². The Morgan fingerprint density at radius 1 is 1.40 bits per heavy atom. The van der Waals surface area contributed by atoms with Gasteiger partial charge in [-0.3, -0.25) is 10.1 Å². The normalized spacial score (nSPS) is 9.20. The number of benzene rings is 1. The highest BCUT2D eigenvalue weighted by Gasteiger charge is 1.93. The predicted molar refractivity (Wildman–Crippen MR) is 53.9 cm³/mol. The summed E-state index contributed by atoms with van der Waals surface area (Å²) < 4.78 is 0. The molecule has 0 saturated carbocycles. The fourth-order valence-electron chi connectivity index (χ4n) is 0.981. The number of hydrogen-bond donors (Lipinski definition) is 1. The standard InChI is InChI=1S/C11H7N3O/c12-7-10-3-1-2-9(6-10)4-5-11(15)14-8-13/h1-6H,(H,14,15). The summed E-state index contributed by atoms with van der Waals surface area (Å²) in [7, 11) is 0. The van der Waals surface area contributed by atoms with Crippen molar-refractivity contribution in [1.29, 1.82) is 10.5 Å². The molecule has 0 unspecified atom stereocenters. The molecule has 1 N–H and O–H groups in total. The number of nitrogens with zero attached hydrogens (tertiary/aromatic N) is 2. The third kappa shape index (κ3) is 3.33. The number of rotatable bonds is 2. The first-order valence-corrected chi connectivity index (χ1v) is 4.13. The van der Waals surface area contributed by atoms with E-state index in [4.69, 9.17) is 10.5 Å². The second-order valence-electron chi connectivity index (χ2n) is 2.67. The third-order valence-corrected chi connectivity index (χ3v) is 1.62. The van der Waals surface area contributed by atoms with Crippen LogP contribution in [0, 0.1) is 22.8 Å². The summed E-state index contributed by atoms with van der Waals surface area (Å²) in [5, 5.41) is 18.7. The molecule has 1 aromatic rings. The minimum Gasteiger partial charge on any atom is -0.269 e. The van der Waals surface area contributed by atoms with Crippen molar-refractivity contribution in [2.75, 3.05) is 0 Å². The van der Waals surface area contributed by atoms with Gasteiger partial charge in [-0.05, 0) is 23.8 Å². The molecular formula is C11H7N3O. The van der Waals surface area contributed by atoms with E-state index < -0.39 is 5.91 Å². The minimum absolute atomic E-state index is 0.486. The molecule has 0 aliphatic carbocycles. The molecule has 0 aromatic heterocycles. The van der Waals surface area contributed by atoms with Gasteiger partial charge in [-0.25, -0.2) is 0 Å². The smallest absolute Gasteiger partial charge is 0.256 e. The zero-order valence-corrected chi connectivity index (χ0v) is 7.77. The van der Waals surface area contributed by atoms with Gasteiger partial charge in [0.25, 0.3) is 5.91 Å². The molecule has 1 rings (SSSR count). The summed E-state index contributed by atoms with van der Waals surface area (Å²) in [4.78, 5) is 10.9. The van der Waals surface area contributed by atoms with Crippen LogP contribution in [-0.2, 0) is 4.79 Å². The van der Waals surface area contributed by atoms with E-state index in [-0.39, 0.29) is 0 Å². The van der Waals surface area contributed by atoms with E-state index in [2.05, 4.69) is 0 Å². The second kappa shape index (κ2) is 5.21. The summed E-state index contributed by atoms with van der Waals surface area (Å²) in [6.45, 7) is 0. The SMILES string of the molecule is N#CNC(=O)C=Cc1cccc(C#N)c1. The van der Waals surface area contributed by atoms with Crippen molar-refractivity contribution in [3.05, 3.63) is 41.5 Å². The van der Waals surface area contributed by atoms with Crippen LogP contribution in [0.3, 0.4) is 0 Å². The monoisotopic (exact) mass is 197 g/mol. The van der Waals surface area contributed by atoms with Gasteiger partial charge in [-0.2, -0.15) is 10.5 Å². The summed E-state index contributed by atoms with van der Waals surface area (Å²) in [6, 6.07) is 8.80. The Morgan fingerprint density at radius 3 is 2.87 bits per heavy atom. The number of carbonyl (C=O) groups is 1. The van der Waals surface area contributed by atoms with Crippen LogP contribution in [0.25, 0.3) is 6.08 Å². The molecule has 0 radical (unpaired) electrons. The van der Waals surface area contributed by atoms with Crippen LogP contribution in [-0.4, -0.2) is 5.91 Å². The Labute approximate surface area is 87.1 Å². The van der Waals surface area contributed by atoms with Crippen molar-refractivity contribution < 1.29 is 4.79 Å². The summed E-state index contributed by atoms with van der Waals surface area (Å²) >= 11 is 0. The van der Waals surface area contributed by atoms with E-state index in [1.807, 2.05) is 11.4 Å². The van der Waals surface area contributed by atoms with Crippen LogP contribution < -0.4 is 5.32 Å². The lowest BCUT2D eigenvalue weighted by atomic mass is 10.1. The van der Waals surface area contributed by atoms with Crippen LogP contribution in [0.5, 0.6) is 0 Å². The topological polar surface area (TPSA) is 76.7 Å². The van der Waals surface area contributed by atoms with Crippen LogP contribution in [0.4, 0.5) is 0 Å². The first kappa shape index (κ1) is 10.5. The quantitative estimate of drug-likeness (QED) is 0.439. The molecule has 1 aromatic carbocycles. The maximum Gasteiger partial charge on any atom is 0.256 e. The number of nitriles is 2. The molecule has 0 bridgehead atoms. The van der Waals surface area contributed by atoms with Crippen molar-refractivity contribution in [2.24, 2.45) is 0 Å². The zero-order chi connectivity index (χ0) is 11.1. The van der Waals surface area contributed by atoms with Crippen molar-refractivity contribution in [1.82, 2.24) is 5.32 Å². The summed E-state index contributed by atoms with van der Waals surface area (Å²) in [5.41, 5.74) is 1.26. The lowest BCUT2D eigenvalue weighted by molar-refractivity contribution is -0.115. The minimum atomic E-state index is -0.486. The number of hydrogen-bond acceptors (Lipinski definition) is 3. The fraction of sp³-hybridized carbons (Fsp3) is 0.